The lowest BCUT2D eigenvalue weighted by Gasteiger charge is -2.10. The maximum absolute atomic E-state index is 11.1. The minimum absolute atomic E-state index is 0.110. The number of amidine groups is 1. The molecule has 11 heteroatoms. The lowest BCUT2D eigenvalue weighted by Crippen LogP contribution is -2.19. The van der Waals surface area contributed by atoms with Gasteiger partial charge in [-0.3, -0.25) is 14.9 Å². The van der Waals surface area contributed by atoms with E-state index in [1.807, 2.05) is 0 Å². The average Bonchev–Trinajstić information content (AvgIpc) is 3.08. The molecule has 1 N–H and O–H groups in total. The number of carbonyl (C=O) groups is 1. The van der Waals surface area contributed by atoms with Crippen molar-refractivity contribution in [2.45, 2.75) is 0 Å². The van der Waals surface area contributed by atoms with Crippen LogP contribution in [0.2, 0.25) is 0 Å². The van der Waals surface area contributed by atoms with Gasteiger partial charge in [0.2, 0.25) is 5.91 Å². The van der Waals surface area contributed by atoms with Crippen molar-refractivity contribution in [1.29, 1.82) is 0 Å². The number of nitro groups is 1. The molecule has 1 aliphatic heterocycles. The second kappa shape index (κ2) is 8.27. The van der Waals surface area contributed by atoms with E-state index in [9.17, 15) is 14.9 Å². The van der Waals surface area contributed by atoms with Crippen LogP contribution >= 0.6 is 11.8 Å². The Morgan fingerprint density at radius 2 is 2.22 bits per heavy atom. The van der Waals surface area contributed by atoms with Crippen LogP contribution in [-0.4, -0.2) is 40.1 Å². The van der Waals surface area contributed by atoms with Gasteiger partial charge >= 0.3 is 5.69 Å². The molecule has 1 aliphatic rings. The molecule has 2 heterocycles. The maximum Gasteiger partial charge on any atom is 0.331 e. The summed E-state index contributed by atoms with van der Waals surface area (Å²) in [4.78, 5) is 25.5. The Morgan fingerprint density at radius 1 is 1.37 bits per heavy atom. The molecule has 3 rings (SSSR count). The third-order valence-corrected chi connectivity index (χ3v) is 4.15. The second-order valence-electron chi connectivity index (χ2n) is 5.08. The number of amides is 1. The zero-order valence-electron chi connectivity index (χ0n) is 14.0. The van der Waals surface area contributed by atoms with Gasteiger partial charge in [-0.05, 0) is 29.8 Å². The number of nitrogens with one attached hydrogen (secondary N) is 1. The summed E-state index contributed by atoms with van der Waals surface area (Å²) in [6, 6.07) is 7.64. The third-order valence-electron chi connectivity index (χ3n) is 3.28. The number of hydrogen-bond donors (Lipinski definition) is 1. The molecule has 1 aromatic carbocycles. The Hall–Kier alpha value is -3.47. The van der Waals surface area contributed by atoms with E-state index in [4.69, 9.17) is 9.47 Å². The van der Waals surface area contributed by atoms with Crippen molar-refractivity contribution >= 4 is 34.7 Å². The van der Waals surface area contributed by atoms with Gasteiger partial charge in [0.1, 0.15) is 0 Å². The van der Waals surface area contributed by atoms with Crippen LogP contribution in [0.15, 0.2) is 46.7 Å². The van der Waals surface area contributed by atoms with E-state index in [-0.39, 0.29) is 23.2 Å². The zero-order valence-corrected chi connectivity index (χ0v) is 14.8. The molecule has 0 unspecified atom stereocenters. The highest BCUT2D eigenvalue weighted by Gasteiger charge is 2.18. The van der Waals surface area contributed by atoms with Crippen LogP contribution in [0.4, 0.5) is 5.69 Å². The molecular weight excluding hydrogens is 374 g/mol. The van der Waals surface area contributed by atoms with Crippen LogP contribution in [0.3, 0.4) is 0 Å². The number of hydrogen-bond acceptors (Lipinski definition) is 9. The van der Waals surface area contributed by atoms with Crippen molar-refractivity contribution in [3.63, 3.8) is 0 Å². The number of rotatable bonds is 6. The Kier molecular flexibility index (Phi) is 5.61. The number of thioether (sulfide) groups is 1. The molecule has 10 nitrogen and oxygen atoms in total. The summed E-state index contributed by atoms with van der Waals surface area (Å²) in [6.07, 6.45) is 2.88. The fraction of sp³-hybridized carbons (Fsp3) is 0.125. The molecule has 1 amide bonds. The zero-order chi connectivity index (χ0) is 19.2. The Bertz CT molecular complexity index is 947. The van der Waals surface area contributed by atoms with Gasteiger partial charge in [0, 0.05) is 12.3 Å². The van der Waals surface area contributed by atoms with E-state index in [0.29, 0.717) is 22.2 Å². The van der Waals surface area contributed by atoms with E-state index in [2.05, 4.69) is 20.5 Å². The van der Waals surface area contributed by atoms with E-state index < -0.39 is 4.92 Å². The first-order valence-corrected chi connectivity index (χ1v) is 8.54. The van der Waals surface area contributed by atoms with Gasteiger partial charge in [-0.2, -0.15) is 5.10 Å². The van der Waals surface area contributed by atoms with Crippen LogP contribution < -0.4 is 14.8 Å². The summed E-state index contributed by atoms with van der Waals surface area (Å²) in [7, 11) is 1.45. The lowest BCUT2D eigenvalue weighted by molar-refractivity contribution is -0.386. The topological polar surface area (TPSA) is 128 Å². The maximum atomic E-state index is 11.1. The quantitative estimate of drug-likeness (QED) is 0.457. The molecule has 0 saturated carbocycles. The van der Waals surface area contributed by atoms with Gasteiger partial charge in [-0.1, -0.05) is 11.8 Å². The van der Waals surface area contributed by atoms with Crippen LogP contribution in [-0.2, 0) is 4.79 Å². The molecule has 138 valence electrons. The number of nitrogens with zero attached hydrogens (tertiary/aromatic N) is 4. The van der Waals surface area contributed by atoms with Crippen molar-refractivity contribution in [3.05, 3.63) is 52.2 Å². The molecule has 0 aliphatic carbocycles. The Balaban J connectivity index is 1.79. The molecule has 1 aromatic heterocycles. The SMILES string of the molecule is COc1cc(C=NN=C2NC(=O)CS2)ccc1Oc1ncccc1[N+](=O)[O-]. The van der Waals surface area contributed by atoms with E-state index in [0.717, 1.165) is 0 Å². The predicted octanol–water partition coefficient (Wildman–Crippen LogP) is 2.34. The Morgan fingerprint density at radius 3 is 2.93 bits per heavy atom. The summed E-state index contributed by atoms with van der Waals surface area (Å²) >= 11 is 1.27. The molecule has 1 fully saturated rings. The fourth-order valence-corrected chi connectivity index (χ4v) is 2.71. The van der Waals surface area contributed by atoms with Crippen molar-refractivity contribution in [2.24, 2.45) is 10.2 Å². The summed E-state index contributed by atoms with van der Waals surface area (Å²) in [5.41, 5.74) is 0.408. The summed E-state index contributed by atoms with van der Waals surface area (Å²) < 4.78 is 10.8. The minimum atomic E-state index is -0.575. The first-order valence-electron chi connectivity index (χ1n) is 7.56. The summed E-state index contributed by atoms with van der Waals surface area (Å²) in [6.45, 7) is 0. The number of pyridine rings is 1. The van der Waals surface area contributed by atoms with E-state index >= 15 is 0 Å². The summed E-state index contributed by atoms with van der Waals surface area (Å²) in [5.74, 6) is 0.688. The molecular formula is C16H13N5O5S. The average molecular weight is 387 g/mol. The highest BCUT2D eigenvalue weighted by Crippen LogP contribution is 2.34. The molecule has 0 radical (unpaired) electrons. The van der Waals surface area contributed by atoms with Crippen molar-refractivity contribution < 1.29 is 19.2 Å². The highest BCUT2D eigenvalue weighted by atomic mass is 32.2. The van der Waals surface area contributed by atoms with Gasteiger partial charge in [0.25, 0.3) is 5.88 Å². The van der Waals surface area contributed by atoms with Crippen LogP contribution in [0.1, 0.15) is 5.56 Å². The van der Waals surface area contributed by atoms with Crippen molar-refractivity contribution in [1.82, 2.24) is 10.3 Å². The predicted molar refractivity (Wildman–Crippen MR) is 99.6 cm³/mol. The minimum Gasteiger partial charge on any atom is -0.493 e. The third kappa shape index (κ3) is 4.58. The van der Waals surface area contributed by atoms with Crippen LogP contribution in [0.5, 0.6) is 17.4 Å². The fourth-order valence-electron chi connectivity index (χ4n) is 2.08. The standard InChI is InChI=1S/C16H13N5O5S/c1-25-13-7-10(8-18-20-16-19-14(22)9-27-16)4-5-12(13)26-15-11(21(23)24)3-2-6-17-15/h2-8H,9H2,1H3,(H,19,20,22). The van der Waals surface area contributed by atoms with Gasteiger partial charge in [0.15, 0.2) is 16.7 Å². The van der Waals surface area contributed by atoms with Gasteiger partial charge in [0.05, 0.1) is 24.0 Å². The summed E-state index contributed by atoms with van der Waals surface area (Å²) in [5, 5.41) is 21.9. The number of ether oxygens (including phenoxy) is 2. The van der Waals surface area contributed by atoms with E-state index in [1.54, 1.807) is 18.2 Å². The molecule has 0 atom stereocenters. The molecule has 27 heavy (non-hydrogen) atoms. The number of benzene rings is 1. The van der Waals surface area contributed by atoms with Gasteiger partial charge < -0.3 is 14.8 Å². The second-order valence-corrected chi connectivity index (χ2v) is 6.05. The molecule has 1 saturated heterocycles. The Labute approximate surface area is 157 Å². The number of carbonyl (C=O) groups excluding carboxylic acids is 1. The van der Waals surface area contributed by atoms with Gasteiger partial charge in [-0.25, -0.2) is 4.98 Å². The van der Waals surface area contributed by atoms with Crippen molar-refractivity contribution in [3.8, 4) is 17.4 Å². The number of methoxy groups -OCH3 is 1. The monoisotopic (exact) mass is 387 g/mol. The first kappa shape index (κ1) is 18.3. The normalized spacial score (nSPS) is 15.1. The van der Waals surface area contributed by atoms with Crippen LogP contribution in [0.25, 0.3) is 0 Å². The number of aromatic nitrogens is 1. The molecule has 0 bridgehead atoms. The lowest BCUT2D eigenvalue weighted by atomic mass is 10.2. The molecule has 2 aromatic rings. The molecule has 0 spiro atoms. The largest absolute Gasteiger partial charge is 0.493 e. The van der Waals surface area contributed by atoms with Crippen molar-refractivity contribution in [2.75, 3.05) is 12.9 Å². The van der Waals surface area contributed by atoms with E-state index in [1.165, 1.54) is 43.4 Å². The highest BCUT2D eigenvalue weighted by molar-refractivity contribution is 8.15. The smallest absolute Gasteiger partial charge is 0.331 e. The first-order chi connectivity index (χ1) is 13.1. The van der Waals surface area contributed by atoms with Crippen LogP contribution in [0, 0.1) is 10.1 Å². The van der Waals surface area contributed by atoms with Gasteiger partial charge in [-0.15, -0.1) is 5.10 Å².